The molecule has 7 aromatic rings. The van der Waals surface area contributed by atoms with Crippen LogP contribution in [0, 0.1) is 0 Å². The highest BCUT2D eigenvalue weighted by Crippen LogP contribution is 2.45. The van der Waals surface area contributed by atoms with Crippen LogP contribution in [-0.4, -0.2) is 8.07 Å². The molecule has 220 valence electrons. The molecule has 0 saturated heterocycles. The Morgan fingerprint density at radius 1 is 0.370 bits per heavy atom. The third-order valence-electron chi connectivity index (χ3n) is 9.53. The summed E-state index contributed by atoms with van der Waals surface area (Å²) in [4.78, 5) is 0. The van der Waals surface area contributed by atoms with Crippen molar-refractivity contribution in [2.24, 2.45) is 0 Å². The van der Waals surface area contributed by atoms with Gasteiger partial charge in [0.25, 0.3) is 0 Å². The van der Waals surface area contributed by atoms with Crippen LogP contribution in [0.3, 0.4) is 0 Å². The number of benzene rings is 7. The van der Waals surface area contributed by atoms with E-state index < -0.39 is 15.2 Å². The van der Waals surface area contributed by atoms with E-state index in [1.165, 1.54) is 43.0 Å². The molecular formula is C43H33OPSi. The van der Waals surface area contributed by atoms with Gasteiger partial charge in [-0.15, -0.1) is 0 Å². The normalized spacial score (nSPS) is 12.3. The Labute approximate surface area is 272 Å². The van der Waals surface area contributed by atoms with E-state index in [0.29, 0.717) is 0 Å². The van der Waals surface area contributed by atoms with E-state index in [0.717, 1.165) is 22.3 Å². The number of hydrogen-bond donors (Lipinski definition) is 0. The predicted octanol–water partition coefficient (Wildman–Crippen LogP) is 6.27. The summed E-state index contributed by atoms with van der Waals surface area (Å²) < 4.78 is 15.3. The van der Waals surface area contributed by atoms with Crippen LogP contribution in [0.15, 0.2) is 188 Å². The van der Waals surface area contributed by atoms with Gasteiger partial charge in [-0.1, -0.05) is 182 Å². The van der Waals surface area contributed by atoms with E-state index in [1.54, 1.807) is 0 Å². The van der Waals surface area contributed by atoms with E-state index in [9.17, 15) is 0 Å². The van der Waals surface area contributed by atoms with Gasteiger partial charge < -0.3 is 4.57 Å². The molecule has 1 aliphatic rings. The minimum absolute atomic E-state index is 0.858. The Morgan fingerprint density at radius 2 is 0.761 bits per heavy atom. The van der Waals surface area contributed by atoms with Crippen LogP contribution in [0.4, 0.5) is 0 Å². The van der Waals surface area contributed by atoms with Crippen LogP contribution in [0.25, 0.3) is 11.1 Å². The topological polar surface area (TPSA) is 17.1 Å². The lowest BCUT2D eigenvalue weighted by molar-refractivity contribution is 0.592. The standard InChI is InChI=1S/C43H33OPSi/c44-45(35-16-6-1-7-17-35,36-18-8-2-9-19-36)37-28-26-33-30-34-27-29-41(32-43(34)42(33)31-37)46(38-20-10-3-11-21-38,39-22-12-4-13-23-39)40-24-14-5-15-25-40/h1-29,31-32H,30H2. The molecule has 1 aliphatic carbocycles. The molecule has 7 aromatic carbocycles. The number of fused-ring (bicyclic) bond motifs is 3. The SMILES string of the molecule is O=P(c1ccccc1)(c1ccccc1)c1ccc2c(c1)-c1cc([Si](c3ccccc3)(c3ccccc3)c3ccccc3)ccc1C2. The maximum atomic E-state index is 15.3. The first-order chi connectivity index (χ1) is 22.7. The van der Waals surface area contributed by atoms with Crippen molar-refractivity contribution < 1.29 is 4.57 Å². The molecular weight excluding hydrogens is 592 g/mol. The van der Waals surface area contributed by atoms with E-state index in [4.69, 9.17) is 0 Å². The lowest BCUT2D eigenvalue weighted by atomic mass is 10.1. The van der Waals surface area contributed by atoms with Gasteiger partial charge in [0.05, 0.1) is 0 Å². The Balaban J connectivity index is 1.36. The monoisotopic (exact) mass is 624 g/mol. The quantitative estimate of drug-likeness (QED) is 0.116. The molecule has 0 saturated carbocycles. The number of hydrogen-bond acceptors (Lipinski definition) is 1. The van der Waals surface area contributed by atoms with Gasteiger partial charge in [0.15, 0.2) is 15.2 Å². The van der Waals surface area contributed by atoms with Gasteiger partial charge in [-0.2, -0.15) is 0 Å². The van der Waals surface area contributed by atoms with Gasteiger partial charge in [0, 0.05) is 15.9 Å². The van der Waals surface area contributed by atoms with Crippen LogP contribution in [0.5, 0.6) is 0 Å². The maximum absolute atomic E-state index is 15.3. The lowest BCUT2D eigenvalue weighted by Crippen LogP contribution is -2.74. The van der Waals surface area contributed by atoms with E-state index in [2.05, 4.69) is 127 Å². The second-order valence-corrected chi connectivity index (χ2v) is 18.6. The van der Waals surface area contributed by atoms with Gasteiger partial charge in [0.1, 0.15) is 0 Å². The molecule has 0 bridgehead atoms. The molecule has 0 spiro atoms. The third kappa shape index (κ3) is 4.57. The zero-order chi connectivity index (χ0) is 31.0. The molecule has 0 aromatic heterocycles. The molecule has 0 amide bonds. The summed E-state index contributed by atoms with van der Waals surface area (Å²) in [6.45, 7) is 0. The zero-order valence-electron chi connectivity index (χ0n) is 25.5. The molecule has 0 atom stereocenters. The molecule has 0 unspecified atom stereocenters. The molecule has 0 N–H and O–H groups in total. The summed E-state index contributed by atoms with van der Waals surface area (Å²) >= 11 is 0. The highest BCUT2D eigenvalue weighted by molar-refractivity contribution is 7.85. The fourth-order valence-electron chi connectivity index (χ4n) is 7.37. The van der Waals surface area contributed by atoms with Crippen LogP contribution in [0.1, 0.15) is 11.1 Å². The molecule has 8 rings (SSSR count). The summed E-state index contributed by atoms with van der Waals surface area (Å²) in [6.07, 6.45) is 0.878. The van der Waals surface area contributed by atoms with Gasteiger partial charge in [0.2, 0.25) is 0 Å². The Bertz CT molecular complexity index is 2040. The van der Waals surface area contributed by atoms with Crippen LogP contribution >= 0.6 is 7.14 Å². The minimum Gasteiger partial charge on any atom is -0.309 e. The van der Waals surface area contributed by atoms with Crippen molar-refractivity contribution in [3.63, 3.8) is 0 Å². The summed E-state index contributed by atoms with van der Waals surface area (Å²) in [7, 11) is -5.77. The average molecular weight is 625 g/mol. The van der Waals surface area contributed by atoms with Gasteiger partial charge in [-0.3, -0.25) is 0 Å². The van der Waals surface area contributed by atoms with E-state index in [1.807, 2.05) is 60.7 Å². The third-order valence-corrected chi connectivity index (χ3v) is 17.4. The van der Waals surface area contributed by atoms with Gasteiger partial charge in [-0.25, -0.2) is 0 Å². The molecule has 0 radical (unpaired) electrons. The van der Waals surface area contributed by atoms with Gasteiger partial charge >= 0.3 is 0 Å². The molecule has 46 heavy (non-hydrogen) atoms. The molecule has 0 aliphatic heterocycles. The van der Waals surface area contributed by atoms with Crippen LogP contribution in [0.2, 0.25) is 0 Å². The zero-order valence-corrected chi connectivity index (χ0v) is 27.4. The van der Waals surface area contributed by atoms with Crippen molar-refractivity contribution in [2.45, 2.75) is 6.42 Å². The van der Waals surface area contributed by atoms with Crippen molar-refractivity contribution in [2.75, 3.05) is 0 Å². The van der Waals surface area contributed by atoms with Crippen molar-refractivity contribution in [1.29, 1.82) is 0 Å². The second-order valence-electron chi connectivity index (χ2n) is 12.0. The van der Waals surface area contributed by atoms with Crippen LogP contribution < -0.4 is 36.7 Å². The maximum Gasteiger partial charge on any atom is 0.179 e. The van der Waals surface area contributed by atoms with Crippen molar-refractivity contribution in [3.8, 4) is 11.1 Å². The highest BCUT2D eigenvalue weighted by Gasteiger charge is 2.42. The minimum atomic E-state index is -3.10. The van der Waals surface area contributed by atoms with Crippen LogP contribution in [-0.2, 0) is 11.0 Å². The molecule has 0 fully saturated rings. The largest absolute Gasteiger partial charge is 0.309 e. The predicted molar refractivity (Wildman–Crippen MR) is 198 cm³/mol. The van der Waals surface area contributed by atoms with Crippen molar-refractivity contribution in [3.05, 3.63) is 199 Å². The summed E-state index contributed by atoms with van der Waals surface area (Å²) in [5.74, 6) is 0. The average Bonchev–Trinajstić information content (AvgIpc) is 3.51. The van der Waals surface area contributed by atoms with Crippen molar-refractivity contribution in [1.82, 2.24) is 0 Å². The Hall–Kier alpha value is -5.01. The molecule has 1 nitrogen and oxygen atoms in total. The summed E-state index contributed by atoms with van der Waals surface area (Å²) in [5.41, 5.74) is 5.05. The first-order valence-electron chi connectivity index (χ1n) is 15.8. The fraction of sp³-hybridized carbons (Fsp3) is 0.0233. The lowest BCUT2D eigenvalue weighted by Gasteiger charge is -2.34. The Morgan fingerprint density at radius 3 is 1.22 bits per heavy atom. The van der Waals surface area contributed by atoms with Gasteiger partial charge in [-0.05, 0) is 55.5 Å². The summed E-state index contributed by atoms with van der Waals surface area (Å²) in [6, 6.07) is 66.8. The Kier molecular flexibility index (Phi) is 7.26. The van der Waals surface area contributed by atoms with E-state index in [-0.39, 0.29) is 0 Å². The van der Waals surface area contributed by atoms with E-state index >= 15 is 4.57 Å². The first kappa shape index (κ1) is 28.5. The smallest absolute Gasteiger partial charge is 0.179 e. The number of rotatable bonds is 7. The highest BCUT2D eigenvalue weighted by atomic mass is 31.2. The molecule has 3 heteroatoms. The molecule has 0 heterocycles. The second kappa shape index (κ2) is 11.7. The summed E-state index contributed by atoms with van der Waals surface area (Å²) in [5, 5.41) is 8.02. The fourth-order valence-corrected chi connectivity index (χ4v) is 14.8. The van der Waals surface area contributed by atoms with Crippen molar-refractivity contribution >= 4 is 51.9 Å². The first-order valence-corrected chi connectivity index (χ1v) is 19.5.